The highest BCUT2D eigenvalue weighted by Gasteiger charge is 1.96. The molecule has 0 atom stereocenters. The van der Waals surface area contributed by atoms with Gasteiger partial charge in [-0.05, 0) is 6.92 Å². The number of carbonyl (C=O) groups is 1. The molecule has 0 unspecified atom stereocenters. The number of hydrogen-bond acceptors (Lipinski definition) is 1. The lowest BCUT2D eigenvalue weighted by atomic mass is 10.4. The fourth-order valence-electron chi connectivity index (χ4n) is 0.0504. The van der Waals surface area contributed by atoms with E-state index in [0.29, 0.717) is 6.26 Å². The lowest BCUT2D eigenvalue weighted by Gasteiger charge is -1.81. The van der Waals surface area contributed by atoms with Crippen molar-refractivity contribution in [1.29, 1.82) is 0 Å². The van der Waals surface area contributed by atoms with Crippen molar-refractivity contribution in [3.63, 3.8) is 0 Å². The molecule has 4 nitrogen and oxygen atoms in total. The lowest BCUT2D eigenvalue weighted by molar-refractivity contribution is -0.132. The summed E-state index contributed by atoms with van der Waals surface area (Å²) in [5.41, 5.74) is -0.167. The Morgan fingerprint density at radius 1 is 1.62 bits per heavy atom. The molecule has 0 rings (SSSR count). The second kappa shape index (κ2) is 4.14. The number of carboxylic acid groups (broad SMARTS) is 1. The lowest BCUT2D eigenvalue weighted by Crippen LogP contribution is -1.94. The molecule has 8 heavy (non-hydrogen) atoms. The first kappa shape index (κ1) is 10.1. The van der Waals surface area contributed by atoms with Crippen molar-refractivity contribution in [2.45, 2.75) is 6.92 Å². The first-order valence-electron chi connectivity index (χ1n) is 1.70. The largest absolute Gasteiger partial charge is 0.478 e. The molecule has 0 aliphatic rings. The summed E-state index contributed by atoms with van der Waals surface area (Å²) in [5.74, 6) is -1.16. The van der Waals surface area contributed by atoms with E-state index in [2.05, 4.69) is 0 Å². The third kappa shape index (κ3) is 3.17. The number of carboxylic acids is 1. The van der Waals surface area contributed by atoms with Crippen LogP contribution >= 0.6 is 0 Å². The van der Waals surface area contributed by atoms with Gasteiger partial charge in [0.25, 0.3) is 0 Å². The van der Waals surface area contributed by atoms with E-state index in [1.807, 2.05) is 0 Å². The molecule has 3 radical (unpaired) electrons. The summed E-state index contributed by atoms with van der Waals surface area (Å²) in [6.07, 6.45) is 0.308. The van der Waals surface area contributed by atoms with Crippen LogP contribution in [0.3, 0.4) is 0 Å². The number of rotatable bonds is 1. The fraction of sp³-hybridized carbons (Fsp3) is 0.250. The minimum atomic E-state index is -1.16. The normalized spacial score (nSPS) is 9.88. The van der Waals surface area contributed by atoms with E-state index in [-0.39, 0.29) is 11.0 Å². The maximum atomic E-state index is 9.66. The predicted molar refractivity (Wildman–Crippen MR) is 22.8 cm³/mol. The van der Waals surface area contributed by atoms with Crippen molar-refractivity contribution < 1.29 is 20.5 Å². The molecule has 4 heteroatoms. The Bertz CT molecular complexity index is 105. The average molecular weight is 117 g/mol. The van der Waals surface area contributed by atoms with Crippen molar-refractivity contribution in [3.8, 4) is 0 Å². The van der Waals surface area contributed by atoms with Gasteiger partial charge in [-0.1, -0.05) is 0 Å². The molecule has 0 heterocycles. The Hall–Kier alpha value is -1.03. The van der Waals surface area contributed by atoms with E-state index in [4.69, 9.17) is 5.11 Å². The average Bonchev–Trinajstić information content (AvgIpc) is 1.65. The van der Waals surface area contributed by atoms with Gasteiger partial charge in [-0.25, -0.2) is 4.79 Å². The smallest absolute Gasteiger partial charge is 0.334 e. The zero-order valence-electron chi connectivity index (χ0n) is 4.25. The molecule has 0 aromatic rings. The van der Waals surface area contributed by atoms with Gasteiger partial charge < -0.3 is 5.11 Å². The molecule has 0 saturated carbocycles. The molecule has 1 N–H and O–H groups in total. The monoisotopic (exact) mass is 117 g/mol. The molecule has 0 amide bonds. The van der Waals surface area contributed by atoms with Gasteiger partial charge in [0.15, 0.2) is 6.26 Å². The van der Waals surface area contributed by atoms with Crippen molar-refractivity contribution in [2.75, 3.05) is 0 Å². The highest BCUT2D eigenvalue weighted by atomic mass is 16.4. The fourth-order valence-corrected chi connectivity index (χ4v) is 0.0504. The van der Waals surface area contributed by atoms with Crippen LogP contribution < -0.4 is 0 Å². The van der Waals surface area contributed by atoms with E-state index in [1.54, 1.807) is 0 Å². The Kier molecular flexibility index (Phi) is 5.20. The zero-order valence-corrected chi connectivity index (χ0v) is 4.25. The number of hydrogen-bond donors (Lipinski definition) is 1. The van der Waals surface area contributed by atoms with Gasteiger partial charge in [0, 0.05) is 5.48 Å². The van der Waals surface area contributed by atoms with Gasteiger partial charge in [0.2, 0.25) is 0 Å². The van der Waals surface area contributed by atoms with E-state index >= 15 is 0 Å². The van der Waals surface area contributed by atoms with Gasteiger partial charge in [-0.2, -0.15) is 0 Å². The first-order valence-corrected chi connectivity index (χ1v) is 1.70. The van der Waals surface area contributed by atoms with Crippen molar-refractivity contribution in [2.24, 2.45) is 0 Å². The summed E-state index contributed by atoms with van der Waals surface area (Å²) in [4.78, 5) is 9.66. The summed E-state index contributed by atoms with van der Waals surface area (Å²) in [6, 6.07) is 0. The second-order valence-corrected chi connectivity index (χ2v) is 1.11. The summed E-state index contributed by atoms with van der Waals surface area (Å²) in [5, 5.41) is 17.4. The maximum absolute atomic E-state index is 9.66. The van der Waals surface area contributed by atoms with Crippen LogP contribution in [-0.2, 0) is 15.4 Å². The first-order chi connectivity index (χ1) is 3.18. The van der Waals surface area contributed by atoms with Crippen LogP contribution in [0.25, 0.3) is 0 Å². The van der Waals surface area contributed by atoms with Crippen LogP contribution in [0.2, 0.25) is 0 Å². The summed E-state index contributed by atoms with van der Waals surface area (Å²) in [6.45, 7) is 1.25. The highest BCUT2D eigenvalue weighted by molar-refractivity contribution is 5.85. The molecular formula is C4H5O4. The van der Waals surface area contributed by atoms with Crippen LogP contribution in [0.5, 0.6) is 0 Å². The summed E-state index contributed by atoms with van der Waals surface area (Å²) >= 11 is 0. The van der Waals surface area contributed by atoms with E-state index in [1.165, 1.54) is 6.92 Å². The van der Waals surface area contributed by atoms with Crippen LogP contribution in [0.15, 0.2) is 11.8 Å². The molecule has 0 aliphatic heterocycles. The highest BCUT2D eigenvalue weighted by Crippen LogP contribution is 1.86. The minimum absolute atomic E-state index is 0. The quantitative estimate of drug-likeness (QED) is 0.395. The Labute approximate surface area is 46.4 Å². The third-order valence-corrected chi connectivity index (χ3v) is 0.514. The second-order valence-electron chi connectivity index (χ2n) is 1.11. The van der Waals surface area contributed by atoms with Gasteiger partial charge in [-0.3, -0.25) is 5.11 Å². The van der Waals surface area contributed by atoms with Gasteiger partial charge in [0.1, 0.15) is 0 Å². The van der Waals surface area contributed by atoms with Gasteiger partial charge >= 0.3 is 5.97 Å². The molecule has 0 aliphatic carbocycles. The molecule has 0 spiro atoms. The minimum Gasteiger partial charge on any atom is -0.478 e. The van der Waals surface area contributed by atoms with Gasteiger partial charge in [-0.15, -0.1) is 0 Å². The van der Waals surface area contributed by atoms with Gasteiger partial charge in [0.05, 0.1) is 5.57 Å². The third-order valence-electron chi connectivity index (χ3n) is 0.514. The van der Waals surface area contributed by atoms with Crippen LogP contribution in [0.1, 0.15) is 6.92 Å². The molecule has 45 valence electrons. The van der Waals surface area contributed by atoms with Crippen LogP contribution in [0.4, 0.5) is 0 Å². The van der Waals surface area contributed by atoms with E-state index in [9.17, 15) is 9.90 Å². The Morgan fingerprint density at radius 2 is 2.00 bits per heavy atom. The molecule has 0 fully saturated rings. The summed E-state index contributed by atoms with van der Waals surface area (Å²) < 4.78 is 0. The number of aliphatic carboxylic acids is 1. The van der Waals surface area contributed by atoms with E-state index < -0.39 is 5.97 Å². The molecular weight excluding hydrogens is 112 g/mol. The predicted octanol–water partition coefficient (Wildman–Crippen LogP) is 0.287. The van der Waals surface area contributed by atoms with Crippen molar-refractivity contribution >= 4 is 5.97 Å². The molecule has 0 saturated heterocycles. The summed E-state index contributed by atoms with van der Waals surface area (Å²) in [7, 11) is 0. The zero-order chi connectivity index (χ0) is 5.86. The Morgan fingerprint density at radius 3 is 2.00 bits per heavy atom. The van der Waals surface area contributed by atoms with Crippen LogP contribution in [0, 0.1) is 0 Å². The molecule has 0 aromatic carbocycles. The van der Waals surface area contributed by atoms with Crippen molar-refractivity contribution in [1.82, 2.24) is 0 Å². The SMILES string of the molecule is CC(=C[O])C(=O)O.[O]. The topological polar surface area (TPSA) is 85.7 Å². The van der Waals surface area contributed by atoms with Crippen LogP contribution in [-0.4, -0.2) is 11.1 Å². The van der Waals surface area contributed by atoms with Crippen molar-refractivity contribution in [3.05, 3.63) is 11.8 Å². The Balaban J connectivity index is 0. The van der Waals surface area contributed by atoms with E-state index in [0.717, 1.165) is 0 Å². The molecule has 0 aromatic heterocycles. The maximum Gasteiger partial charge on any atom is 0.334 e. The molecule has 0 bridgehead atoms. The standard InChI is InChI=1S/C4H5O3.O/c1-3(2-5)4(6)7;/h2H,1H3,(H,6,7);.